The van der Waals surface area contributed by atoms with Crippen LogP contribution in [0.25, 0.3) is 10.9 Å². The monoisotopic (exact) mass is 512 g/mol. The Morgan fingerprint density at radius 2 is 2.03 bits per heavy atom. The first kappa shape index (κ1) is 21.6. The molecule has 156 valence electrons. The zero-order valence-corrected chi connectivity index (χ0v) is 18.9. The van der Waals surface area contributed by atoms with E-state index in [0.717, 1.165) is 16.4 Å². The summed E-state index contributed by atoms with van der Waals surface area (Å²) in [6.45, 7) is 7.23. The zero-order valence-electron chi connectivity index (χ0n) is 16.8. The molecule has 1 aromatic heterocycles. The number of hydrogen-bond donors (Lipinski definition) is 1. The number of pyridine rings is 1. The van der Waals surface area contributed by atoms with E-state index in [2.05, 4.69) is 22.6 Å². The van der Waals surface area contributed by atoms with Crippen LogP contribution in [0.2, 0.25) is 0 Å². The number of ether oxygens (including phenoxy) is 1. The molecule has 3 rings (SSSR count). The second kappa shape index (κ2) is 8.33. The Kier molecular flexibility index (Phi) is 6.21. The SMILES string of the molecule is CC(C)(C)OC(=O)N1CCCC(Cn2cc(C(=O)O)c(=O)c3cc(I)ccc32)C1. The Morgan fingerprint density at radius 3 is 2.69 bits per heavy atom. The minimum atomic E-state index is -1.23. The number of rotatable bonds is 3. The van der Waals surface area contributed by atoms with Crippen LogP contribution in [-0.2, 0) is 11.3 Å². The fourth-order valence-electron chi connectivity index (χ4n) is 3.66. The number of likely N-dealkylation sites (tertiary alicyclic amines) is 1. The lowest BCUT2D eigenvalue weighted by molar-refractivity contribution is 0.0157. The summed E-state index contributed by atoms with van der Waals surface area (Å²) in [4.78, 5) is 38.3. The number of carbonyl (C=O) groups is 2. The van der Waals surface area contributed by atoms with Gasteiger partial charge in [0.2, 0.25) is 5.43 Å². The minimum absolute atomic E-state index is 0.142. The third-order valence-corrected chi connectivity index (χ3v) is 5.57. The number of hydrogen-bond acceptors (Lipinski definition) is 4. The molecule has 1 atom stereocenters. The normalized spacial score (nSPS) is 17.4. The van der Waals surface area contributed by atoms with Crippen LogP contribution in [0.3, 0.4) is 0 Å². The fourth-order valence-corrected chi connectivity index (χ4v) is 4.15. The predicted molar refractivity (Wildman–Crippen MR) is 118 cm³/mol. The summed E-state index contributed by atoms with van der Waals surface area (Å²) in [7, 11) is 0. The maximum absolute atomic E-state index is 12.6. The van der Waals surface area contributed by atoms with Crippen LogP contribution in [0.5, 0.6) is 0 Å². The third-order valence-electron chi connectivity index (χ3n) is 4.90. The Morgan fingerprint density at radius 1 is 1.31 bits per heavy atom. The van der Waals surface area contributed by atoms with Crippen LogP contribution in [0.1, 0.15) is 44.0 Å². The highest BCUT2D eigenvalue weighted by atomic mass is 127. The summed E-state index contributed by atoms with van der Waals surface area (Å²) in [6.07, 6.45) is 2.87. The van der Waals surface area contributed by atoms with Gasteiger partial charge < -0.3 is 19.3 Å². The van der Waals surface area contributed by atoms with Gasteiger partial charge in [0.05, 0.1) is 5.52 Å². The van der Waals surface area contributed by atoms with E-state index in [1.165, 1.54) is 6.20 Å². The summed E-state index contributed by atoms with van der Waals surface area (Å²) in [5.41, 5.74) is -0.553. The first-order chi connectivity index (χ1) is 13.5. The number of carboxylic acids is 1. The lowest BCUT2D eigenvalue weighted by Gasteiger charge is -2.34. The Labute approximate surface area is 182 Å². The Bertz CT molecular complexity index is 1010. The maximum atomic E-state index is 12.6. The van der Waals surface area contributed by atoms with Crippen LogP contribution in [0.15, 0.2) is 29.2 Å². The van der Waals surface area contributed by atoms with Gasteiger partial charge in [-0.05, 0) is 80.3 Å². The average molecular weight is 512 g/mol. The van der Waals surface area contributed by atoms with E-state index in [-0.39, 0.29) is 17.6 Å². The molecule has 0 spiro atoms. The van der Waals surface area contributed by atoms with Crippen molar-refractivity contribution in [2.45, 2.75) is 45.8 Å². The van der Waals surface area contributed by atoms with Gasteiger partial charge in [-0.15, -0.1) is 0 Å². The highest BCUT2D eigenvalue weighted by molar-refractivity contribution is 14.1. The van der Waals surface area contributed by atoms with Gasteiger partial charge in [0, 0.05) is 34.8 Å². The first-order valence-electron chi connectivity index (χ1n) is 9.59. The second-order valence-corrected chi connectivity index (χ2v) is 9.67. The number of nitrogens with zero attached hydrogens (tertiary/aromatic N) is 2. The van der Waals surface area contributed by atoms with Crippen molar-refractivity contribution in [2.24, 2.45) is 5.92 Å². The molecule has 29 heavy (non-hydrogen) atoms. The van der Waals surface area contributed by atoms with Crippen LogP contribution >= 0.6 is 22.6 Å². The van der Waals surface area contributed by atoms with Crippen molar-refractivity contribution in [3.8, 4) is 0 Å². The summed E-state index contributed by atoms with van der Waals surface area (Å²) >= 11 is 2.11. The molecular formula is C21H25IN2O5. The van der Waals surface area contributed by atoms with Crippen molar-refractivity contribution in [3.05, 3.63) is 43.8 Å². The van der Waals surface area contributed by atoms with Crippen molar-refractivity contribution in [1.29, 1.82) is 0 Å². The molecule has 1 N–H and O–H groups in total. The molecule has 1 amide bonds. The molecule has 2 aromatic rings. The first-order valence-corrected chi connectivity index (χ1v) is 10.7. The molecule has 1 aliphatic rings. The molecule has 1 aromatic carbocycles. The van der Waals surface area contributed by atoms with Crippen LogP contribution in [-0.4, -0.2) is 45.3 Å². The molecule has 1 unspecified atom stereocenters. The van der Waals surface area contributed by atoms with Gasteiger partial charge in [0.15, 0.2) is 0 Å². The maximum Gasteiger partial charge on any atom is 0.410 e. The van der Waals surface area contributed by atoms with Crippen LogP contribution in [0.4, 0.5) is 4.79 Å². The molecule has 1 fully saturated rings. The summed E-state index contributed by atoms with van der Waals surface area (Å²) in [6, 6.07) is 5.46. The summed E-state index contributed by atoms with van der Waals surface area (Å²) in [5.74, 6) is -1.09. The molecule has 1 aliphatic heterocycles. The van der Waals surface area contributed by atoms with E-state index in [9.17, 15) is 19.5 Å². The second-order valence-electron chi connectivity index (χ2n) is 8.43. The van der Waals surface area contributed by atoms with Crippen molar-refractivity contribution in [1.82, 2.24) is 9.47 Å². The largest absolute Gasteiger partial charge is 0.477 e. The summed E-state index contributed by atoms with van der Waals surface area (Å²) in [5, 5.41) is 9.86. The van der Waals surface area contributed by atoms with E-state index in [0.29, 0.717) is 30.5 Å². The van der Waals surface area contributed by atoms with E-state index >= 15 is 0 Å². The van der Waals surface area contributed by atoms with Crippen LogP contribution in [0, 0.1) is 9.49 Å². The molecule has 0 radical (unpaired) electrons. The molecule has 8 heteroatoms. The smallest absolute Gasteiger partial charge is 0.410 e. The number of piperidine rings is 1. The van der Waals surface area contributed by atoms with Crippen molar-refractivity contribution in [3.63, 3.8) is 0 Å². The molecule has 0 aliphatic carbocycles. The molecule has 2 heterocycles. The Balaban J connectivity index is 1.89. The molecular weight excluding hydrogens is 487 g/mol. The van der Waals surface area contributed by atoms with Crippen molar-refractivity contribution >= 4 is 45.6 Å². The number of fused-ring (bicyclic) bond motifs is 1. The van der Waals surface area contributed by atoms with Crippen molar-refractivity contribution < 1.29 is 19.4 Å². The predicted octanol–water partition coefficient (Wildman–Crippen LogP) is 3.95. The lowest BCUT2D eigenvalue weighted by Crippen LogP contribution is -2.43. The van der Waals surface area contributed by atoms with E-state index in [4.69, 9.17) is 4.74 Å². The molecule has 0 saturated carbocycles. The van der Waals surface area contributed by atoms with E-state index < -0.39 is 17.0 Å². The van der Waals surface area contributed by atoms with Gasteiger partial charge in [0.1, 0.15) is 11.2 Å². The van der Waals surface area contributed by atoms with Gasteiger partial charge in [-0.25, -0.2) is 9.59 Å². The van der Waals surface area contributed by atoms with Gasteiger partial charge in [-0.3, -0.25) is 4.79 Å². The van der Waals surface area contributed by atoms with Gasteiger partial charge in [-0.1, -0.05) is 0 Å². The van der Waals surface area contributed by atoms with Crippen molar-refractivity contribution in [2.75, 3.05) is 13.1 Å². The molecule has 0 bridgehead atoms. The number of aromatic carboxylic acids is 1. The third kappa shape index (κ3) is 5.09. The van der Waals surface area contributed by atoms with Gasteiger partial charge in [-0.2, -0.15) is 0 Å². The highest BCUT2D eigenvalue weighted by Crippen LogP contribution is 2.23. The number of aromatic nitrogens is 1. The minimum Gasteiger partial charge on any atom is -0.477 e. The molecule has 1 saturated heterocycles. The number of carboxylic acid groups (broad SMARTS) is 1. The van der Waals surface area contributed by atoms with Crippen LogP contribution < -0.4 is 5.43 Å². The highest BCUT2D eigenvalue weighted by Gasteiger charge is 2.28. The van der Waals surface area contributed by atoms with Gasteiger partial charge in [0.25, 0.3) is 0 Å². The Hall–Kier alpha value is -2.10. The molecule has 7 nitrogen and oxygen atoms in total. The number of carbonyl (C=O) groups excluding carboxylic acids is 1. The quantitative estimate of drug-likeness (QED) is 0.630. The van der Waals surface area contributed by atoms with E-state index in [1.807, 2.05) is 37.5 Å². The average Bonchev–Trinajstić information content (AvgIpc) is 2.62. The topological polar surface area (TPSA) is 88.8 Å². The number of amides is 1. The fraction of sp³-hybridized carbons (Fsp3) is 0.476. The van der Waals surface area contributed by atoms with E-state index in [1.54, 1.807) is 11.0 Å². The zero-order chi connectivity index (χ0) is 21.3. The van der Waals surface area contributed by atoms with Gasteiger partial charge >= 0.3 is 12.1 Å². The number of halogens is 1. The number of benzene rings is 1. The lowest BCUT2D eigenvalue weighted by atomic mass is 9.97. The standard InChI is InChI=1S/C21H25IN2O5/c1-21(2,3)29-20(28)23-8-4-5-13(10-23)11-24-12-16(19(26)27)18(25)15-9-14(22)6-7-17(15)24/h6-7,9,12-13H,4-5,8,10-11H2,1-3H3,(H,26,27). The summed E-state index contributed by atoms with van der Waals surface area (Å²) < 4.78 is 8.19.